The van der Waals surface area contributed by atoms with E-state index in [0.29, 0.717) is 0 Å². The van der Waals surface area contributed by atoms with Crippen molar-refractivity contribution in [3.63, 3.8) is 0 Å². The van der Waals surface area contributed by atoms with Crippen molar-refractivity contribution in [1.82, 2.24) is 5.32 Å². The zero-order valence-electron chi connectivity index (χ0n) is 10.9. The minimum atomic E-state index is -0.898. The number of ether oxygens (including phenoxy) is 1. The summed E-state index contributed by atoms with van der Waals surface area (Å²) in [5.41, 5.74) is 0.137. The lowest BCUT2D eigenvalue weighted by atomic mass is 10.2. The van der Waals surface area contributed by atoms with E-state index in [9.17, 15) is 9.59 Å². The normalized spacial score (nSPS) is 12.1. The van der Waals surface area contributed by atoms with Gasteiger partial charge in [0.25, 0.3) is 5.91 Å². The fourth-order valence-corrected chi connectivity index (χ4v) is 1.72. The van der Waals surface area contributed by atoms with Crippen LogP contribution in [0.4, 0.5) is 0 Å². The molecule has 1 atom stereocenters. The molecule has 1 rings (SSSR count). The lowest BCUT2D eigenvalue weighted by Crippen LogP contribution is -2.39. The zero-order chi connectivity index (χ0) is 14.6. The Hall–Kier alpha value is -1.26. The molecular weight excluding hydrogens is 289 g/mol. The third-order valence-electron chi connectivity index (χ3n) is 2.26. The van der Waals surface area contributed by atoms with Gasteiger partial charge in [-0.15, -0.1) is 0 Å². The third-order valence-corrected chi connectivity index (χ3v) is 3.07. The second-order valence-electron chi connectivity index (χ2n) is 4.31. The van der Waals surface area contributed by atoms with Crippen molar-refractivity contribution < 1.29 is 14.3 Å². The SMILES string of the molecule is CC(C)NC(=O)C(C)OC(=O)c1cccc(Cl)c1Cl. The van der Waals surface area contributed by atoms with E-state index in [4.69, 9.17) is 27.9 Å². The lowest BCUT2D eigenvalue weighted by molar-refractivity contribution is -0.129. The minimum absolute atomic E-state index is 0.0246. The predicted octanol–water partition coefficient (Wildman–Crippen LogP) is 3.06. The van der Waals surface area contributed by atoms with Gasteiger partial charge < -0.3 is 10.1 Å². The Kier molecular flexibility index (Phi) is 5.63. The third kappa shape index (κ3) is 4.40. The number of halogens is 2. The summed E-state index contributed by atoms with van der Waals surface area (Å²) in [6, 6.07) is 4.62. The van der Waals surface area contributed by atoms with Gasteiger partial charge in [-0.2, -0.15) is 0 Å². The number of amides is 1. The summed E-state index contributed by atoms with van der Waals surface area (Å²) >= 11 is 11.7. The minimum Gasteiger partial charge on any atom is -0.449 e. The molecule has 0 aliphatic heterocycles. The molecule has 6 heteroatoms. The quantitative estimate of drug-likeness (QED) is 0.870. The molecule has 0 bridgehead atoms. The van der Waals surface area contributed by atoms with E-state index >= 15 is 0 Å². The summed E-state index contributed by atoms with van der Waals surface area (Å²) in [5, 5.41) is 3.03. The van der Waals surface area contributed by atoms with Gasteiger partial charge in [0.15, 0.2) is 6.10 Å². The molecule has 0 radical (unpaired) electrons. The van der Waals surface area contributed by atoms with Crippen molar-refractivity contribution in [3.8, 4) is 0 Å². The molecule has 0 spiro atoms. The molecule has 104 valence electrons. The number of esters is 1. The molecule has 0 aromatic heterocycles. The van der Waals surface area contributed by atoms with E-state index < -0.39 is 12.1 Å². The Bertz CT molecular complexity index is 489. The van der Waals surface area contributed by atoms with Crippen LogP contribution in [0.5, 0.6) is 0 Å². The van der Waals surface area contributed by atoms with Crippen LogP contribution in [0.25, 0.3) is 0 Å². The van der Waals surface area contributed by atoms with E-state index in [1.54, 1.807) is 12.1 Å². The van der Waals surface area contributed by atoms with Crippen LogP contribution in [-0.2, 0) is 9.53 Å². The average Bonchev–Trinajstić information content (AvgIpc) is 2.31. The second-order valence-corrected chi connectivity index (χ2v) is 5.10. The number of nitrogens with one attached hydrogen (secondary N) is 1. The van der Waals surface area contributed by atoms with Gasteiger partial charge in [0.2, 0.25) is 0 Å². The molecule has 0 saturated carbocycles. The van der Waals surface area contributed by atoms with Crippen LogP contribution in [-0.4, -0.2) is 24.0 Å². The lowest BCUT2D eigenvalue weighted by Gasteiger charge is -2.15. The number of hydrogen-bond donors (Lipinski definition) is 1. The van der Waals surface area contributed by atoms with Crippen LogP contribution < -0.4 is 5.32 Å². The Labute approximate surface area is 122 Å². The van der Waals surface area contributed by atoms with Crippen molar-refractivity contribution in [2.24, 2.45) is 0 Å². The Morgan fingerprint density at radius 3 is 2.42 bits per heavy atom. The van der Waals surface area contributed by atoms with Gasteiger partial charge in [0.05, 0.1) is 15.6 Å². The fraction of sp³-hybridized carbons (Fsp3) is 0.385. The van der Waals surface area contributed by atoms with Gasteiger partial charge in [-0.05, 0) is 32.9 Å². The summed E-state index contributed by atoms with van der Waals surface area (Å²) in [4.78, 5) is 23.5. The number of benzene rings is 1. The van der Waals surface area contributed by atoms with Gasteiger partial charge in [0, 0.05) is 6.04 Å². The summed E-state index contributed by atoms with van der Waals surface area (Å²) in [6.07, 6.45) is -0.898. The van der Waals surface area contributed by atoms with Gasteiger partial charge in [-0.25, -0.2) is 4.79 Å². The maximum absolute atomic E-state index is 11.9. The molecule has 1 N–H and O–H groups in total. The molecule has 1 aromatic carbocycles. The maximum atomic E-state index is 11.9. The Morgan fingerprint density at radius 1 is 1.21 bits per heavy atom. The number of carbonyl (C=O) groups excluding carboxylic acids is 2. The van der Waals surface area contributed by atoms with Crippen LogP contribution in [0.2, 0.25) is 10.0 Å². The monoisotopic (exact) mass is 303 g/mol. The van der Waals surface area contributed by atoms with Crippen molar-refractivity contribution >= 4 is 35.1 Å². The highest BCUT2D eigenvalue weighted by Crippen LogP contribution is 2.26. The van der Waals surface area contributed by atoms with Crippen molar-refractivity contribution in [2.45, 2.75) is 32.9 Å². The summed E-state index contributed by atoms with van der Waals surface area (Å²) in [7, 11) is 0. The molecule has 0 aliphatic carbocycles. The van der Waals surface area contributed by atoms with E-state index in [2.05, 4.69) is 5.32 Å². The van der Waals surface area contributed by atoms with Crippen LogP contribution in [0.1, 0.15) is 31.1 Å². The molecule has 19 heavy (non-hydrogen) atoms. The molecule has 0 fully saturated rings. The number of carbonyl (C=O) groups is 2. The standard InChI is InChI=1S/C13H15Cl2NO3/c1-7(2)16-12(17)8(3)19-13(18)9-5-4-6-10(14)11(9)15/h4-8H,1-3H3,(H,16,17). The molecule has 0 aliphatic rings. The largest absolute Gasteiger partial charge is 0.449 e. The summed E-state index contributed by atoms with van der Waals surface area (Å²) < 4.78 is 5.04. The van der Waals surface area contributed by atoms with Crippen molar-refractivity contribution in [3.05, 3.63) is 33.8 Å². The first kappa shape index (κ1) is 15.8. The molecule has 1 unspecified atom stereocenters. The Morgan fingerprint density at radius 2 is 1.84 bits per heavy atom. The highest BCUT2D eigenvalue weighted by Gasteiger charge is 2.21. The molecule has 1 aromatic rings. The average molecular weight is 304 g/mol. The van der Waals surface area contributed by atoms with E-state index in [1.807, 2.05) is 13.8 Å². The molecular formula is C13H15Cl2NO3. The highest BCUT2D eigenvalue weighted by atomic mass is 35.5. The van der Waals surface area contributed by atoms with Crippen LogP contribution in [0.15, 0.2) is 18.2 Å². The molecule has 1 amide bonds. The maximum Gasteiger partial charge on any atom is 0.340 e. The highest BCUT2D eigenvalue weighted by molar-refractivity contribution is 6.43. The predicted molar refractivity (Wildman–Crippen MR) is 74.6 cm³/mol. The van der Waals surface area contributed by atoms with Crippen LogP contribution >= 0.6 is 23.2 Å². The van der Waals surface area contributed by atoms with Gasteiger partial charge >= 0.3 is 5.97 Å². The summed E-state index contributed by atoms with van der Waals surface area (Å²) in [6.45, 7) is 5.13. The van der Waals surface area contributed by atoms with Crippen LogP contribution in [0, 0.1) is 0 Å². The molecule has 0 saturated heterocycles. The van der Waals surface area contributed by atoms with Crippen molar-refractivity contribution in [1.29, 1.82) is 0 Å². The first-order valence-electron chi connectivity index (χ1n) is 5.78. The van der Waals surface area contributed by atoms with Gasteiger partial charge in [-0.3, -0.25) is 4.79 Å². The smallest absolute Gasteiger partial charge is 0.340 e. The topological polar surface area (TPSA) is 55.4 Å². The van der Waals surface area contributed by atoms with Gasteiger partial charge in [0.1, 0.15) is 0 Å². The molecule has 4 nitrogen and oxygen atoms in total. The first-order valence-corrected chi connectivity index (χ1v) is 6.54. The van der Waals surface area contributed by atoms with Crippen molar-refractivity contribution in [2.75, 3.05) is 0 Å². The number of hydrogen-bond acceptors (Lipinski definition) is 3. The van der Waals surface area contributed by atoms with E-state index in [1.165, 1.54) is 13.0 Å². The second kappa shape index (κ2) is 6.78. The van der Waals surface area contributed by atoms with E-state index in [0.717, 1.165) is 0 Å². The van der Waals surface area contributed by atoms with Crippen LogP contribution in [0.3, 0.4) is 0 Å². The Balaban J connectivity index is 2.74. The fourth-order valence-electron chi connectivity index (χ4n) is 1.34. The first-order chi connectivity index (χ1) is 8.82. The van der Waals surface area contributed by atoms with Gasteiger partial charge in [-0.1, -0.05) is 29.3 Å². The summed E-state index contributed by atoms with van der Waals surface area (Å²) in [5.74, 6) is -1.04. The molecule has 0 heterocycles. The number of rotatable bonds is 4. The zero-order valence-corrected chi connectivity index (χ0v) is 12.4. The van der Waals surface area contributed by atoms with E-state index in [-0.39, 0.29) is 27.6 Å².